The van der Waals surface area contributed by atoms with Crippen molar-refractivity contribution >= 4 is 33.1 Å². The van der Waals surface area contributed by atoms with E-state index in [2.05, 4.69) is 16.2 Å². The van der Waals surface area contributed by atoms with Crippen molar-refractivity contribution in [2.75, 3.05) is 18.6 Å². The number of amides is 3. The first-order valence-corrected chi connectivity index (χ1v) is 10.4. The minimum atomic E-state index is -3.13. The smallest absolute Gasteiger partial charge is 0.333 e. The topological polar surface area (TPSA) is 104 Å². The number of thiophene rings is 1. The molecule has 0 radical (unpaired) electrons. The van der Waals surface area contributed by atoms with Gasteiger partial charge in [-0.1, -0.05) is 6.42 Å². The fourth-order valence-corrected chi connectivity index (χ4v) is 3.97. The number of aryl methyl sites for hydroxylation is 2. The van der Waals surface area contributed by atoms with Gasteiger partial charge in [0.2, 0.25) is 0 Å². The number of urea groups is 1. The summed E-state index contributed by atoms with van der Waals surface area (Å²) in [6, 6.07) is 1.25. The number of hydrazine groups is 1. The summed E-state index contributed by atoms with van der Waals surface area (Å²) in [7, 11) is -3.13. The van der Waals surface area contributed by atoms with Crippen LogP contribution in [0.5, 0.6) is 0 Å². The summed E-state index contributed by atoms with van der Waals surface area (Å²) in [5, 5.41) is 2.36. The highest BCUT2D eigenvalue weighted by Gasteiger charge is 2.16. The Hall–Kier alpha value is -1.61. The van der Waals surface area contributed by atoms with Gasteiger partial charge in [0.05, 0.1) is 10.6 Å². The SMILES string of the molecule is CS(=O)(=O)CCNC(=O)NNC(=O)c1cc2c(s1)CCCCC2. The number of fused-ring (bicyclic) bond motifs is 1. The molecule has 0 unspecified atom stereocenters. The summed E-state index contributed by atoms with van der Waals surface area (Å²) in [6.07, 6.45) is 6.61. The van der Waals surface area contributed by atoms with Gasteiger partial charge in [0, 0.05) is 17.7 Å². The van der Waals surface area contributed by atoms with Crippen molar-refractivity contribution in [3.63, 3.8) is 0 Å². The van der Waals surface area contributed by atoms with E-state index in [1.807, 2.05) is 6.07 Å². The van der Waals surface area contributed by atoms with Gasteiger partial charge in [0.1, 0.15) is 9.84 Å². The fourth-order valence-electron chi connectivity index (χ4n) is 2.35. The van der Waals surface area contributed by atoms with Crippen molar-refractivity contribution in [2.45, 2.75) is 32.1 Å². The Balaban J connectivity index is 1.79. The molecule has 0 saturated carbocycles. The van der Waals surface area contributed by atoms with Crippen LogP contribution in [0, 0.1) is 0 Å². The molecular weight excluding hydrogens is 338 g/mol. The maximum absolute atomic E-state index is 12.0. The highest BCUT2D eigenvalue weighted by molar-refractivity contribution is 7.90. The van der Waals surface area contributed by atoms with E-state index in [0.717, 1.165) is 31.9 Å². The van der Waals surface area contributed by atoms with Gasteiger partial charge in [0.25, 0.3) is 5.91 Å². The van der Waals surface area contributed by atoms with Gasteiger partial charge < -0.3 is 5.32 Å². The van der Waals surface area contributed by atoms with Crippen molar-refractivity contribution < 1.29 is 18.0 Å². The van der Waals surface area contributed by atoms with Crippen LogP contribution in [0.1, 0.15) is 39.4 Å². The minimum absolute atomic E-state index is 0.00612. The molecule has 23 heavy (non-hydrogen) atoms. The summed E-state index contributed by atoms with van der Waals surface area (Å²) in [5.41, 5.74) is 5.78. The van der Waals surface area contributed by atoms with E-state index in [-0.39, 0.29) is 18.2 Å². The zero-order valence-corrected chi connectivity index (χ0v) is 14.6. The zero-order chi connectivity index (χ0) is 16.9. The minimum Gasteiger partial charge on any atom is -0.336 e. The van der Waals surface area contributed by atoms with E-state index in [9.17, 15) is 18.0 Å². The van der Waals surface area contributed by atoms with Crippen LogP contribution in [0.15, 0.2) is 6.07 Å². The molecule has 9 heteroatoms. The van der Waals surface area contributed by atoms with E-state index in [1.54, 1.807) is 0 Å². The van der Waals surface area contributed by atoms with Crippen molar-refractivity contribution in [3.8, 4) is 0 Å². The second-order valence-corrected chi connectivity index (χ2v) is 8.98. The van der Waals surface area contributed by atoms with Crippen LogP contribution in [0.25, 0.3) is 0 Å². The molecule has 1 aliphatic carbocycles. The highest BCUT2D eigenvalue weighted by atomic mass is 32.2. The standard InChI is InChI=1S/C14H21N3O4S2/c1-23(20,21)8-7-15-14(19)17-16-13(18)12-9-10-5-3-2-4-6-11(10)22-12/h9H,2-8H2,1H3,(H,16,18)(H2,15,17,19). The number of rotatable bonds is 4. The molecule has 3 N–H and O–H groups in total. The van der Waals surface area contributed by atoms with Gasteiger partial charge in [0.15, 0.2) is 0 Å². The first kappa shape index (κ1) is 17.7. The molecule has 3 amide bonds. The lowest BCUT2D eigenvalue weighted by atomic mass is 10.1. The van der Waals surface area contributed by atoms with E-state index in [4.69, 9.17) is 0 Å². The molecule has 2 rings (SSSR count). The third-order valence-corrected chi connectivity index (χ3v) is 5.70. The van der Waals surface area contributed by atoms with Crippen LogP contribution in [0.3, 0.4) is 0 Å². The lowest BCUT2D eigenvalue weighted by Crippen LogP contribution is -2.47. The first-order valence-electron chi connectivity index (χ1n) is 7.48. The third-order valence-electron chi connectivity index (χ3n) is 3.52. The second-order valence-electron chi connectivity index (χ2n) is 5.58. The average Bonchev–Trinajstić information content (AvgIpc) is 2.75. The number of carbonyl (C=O) groups is 2. The molecule has 1 heterocycles. The Morgan fingerprint density at radius 1 is 1.17 bits per heavy atom. The predicted octanol–water partition coefficient (Wildman–Crippen LogP) is 1.01. The Morgan fingerprint density at radius 2 is 1.91 bits per heavy atom. The number of hydrogen-bond donors (Lipinski definition) is 3. The molecule has 1 aromatic rings. The number of carbonyl (C=O) groups excluding carboxylic acids is 2. The Bertz CT molecular complexity index is 659. The summed E-state index contributed by atoms with van der Waals surface area (Å²) in [5.74, 6) is -0.507. The average molecular weight is 359 g/mol. The molecule has 0 bridgehead atoms. The van der Waals surface area contributed by atoms with Gasteiger partial charge >= 0.3 is 6.03 Å². The molecule has 128 valence electrons. The summed E-state index contributed by atoms with van der Waals surface area (Å²) in [4.78, 5) is 25.4. The van der Waals surface area contributed by atoms with Crippen LogP contribution in [-0.4, -0.2) is 38.9 Å². The number of hydrogen-bond acceptors (Lipinski definition) is 5. The Labute approximate surface area is 139 Å². The van der Waals surface area contributed by atoms with E-state index in [0.29, 0.717) is 4.88 Å². The predicted molar refractivity (Wildman–Crippen MR) is 89.3 cm³/mol. The van der Waals surface area contributed by atoms with Gasteiger partial charge in [-0.05, 0) is 37.3 Å². The van der Waals surface area contributed by atoms with E-state index in [1.165, 1.54) is 28.2 Å². The van der Waals surface area contributed by atoms with Crippen molar-refractivity contribution in [1.29, 1.82) is 0 Å². The van der Waals surface area contributed by atoms with Crippen molar-refractivity contribution in [3.05, 3.63) is 21.4 Å². The lowest BCUT2D eigenvalue weighted by Gasteiger charge is -2.07. The third kappa shape index (κ3) is 5.83. The van der Waals surface area contributed by atoms with Crippen LogP contribution in [0.2, 0.25) is 0 Å². The monoisotopic (exact) mass is 359 g/mol. The lowest BCUT2D eigenvalue weighted by molar-refractivity contribution is 0.0940. The zero-order valence-electron chi connectivity index (χ0n) is 13.0. The summed E-state index contributed by atoms with van der Waals surface area (Å²) in [6.45, 7) is -0.00612. The van der Waals surface area contributed by atoms with Gasteiger partial charge in [-0.2, -0.15) is 0 Å². The Morgan fingerprint density at radius 3 is 2.65 bits per heavy atom. The van der Waals surface area contributed by atoms with Crippen LogP contribution >= 0.6 is 11.3 Å². The maximum atomic E-state index is 12.0. The Kier molecular flexibility index (Phi) is 6.00. The summed E-state index contributed by atoms with van der Waals surface area (Å²) < 4.78 is 21.9. The van der Waals surface area contributed by atoms with Gasteiger partial charge in [-0.25, -0.2) is 18.6 Å². The molecule has 1 aliphatic rings. The first-order chi connectivity index (χ1) is 10.8. The molecular formula is C14H21N3O4S2. The molecule has 1 aromatic heterocycles. The van der Waals surface area contributed by atoms with Gasteiger partial charge in [-0.15, -0.1) is 11.3 Å². The van der Waals surface area contributed by atoms with Gasteiger partial charge in [-0.3, -0.25) is 10.2 Å². The van der Waals surface area contributed by atoms with E-state index < -0.39 is 15.9 Å². The molecule has 7 nitrogen and oxygen atoms in total. The molecule has 0 aromatic carbocycles. The molecule has 0 spiro atoms. The van der Waals surface area contributed by atoms with Crippen molar-refractivity contribution in [2.24, 2.45) is 0 Å². The quantitative estimate of drug-likeness (QED) is 0.551. The van der Waals surface area contributed by atoms with Crippen molar-refractivity contribution in [1.82, 2.24) is 16.2 Å². The number of sulfone groups is 1. The molecule has 0 atom stereocenters. The molecule has 0 saturated heterocycles. The molecule has 0 aliphatic heterocycles. The fraction of sp³-hybridized carbons (Fsp3) is 0.571. The van der Waals surface area contributed by atoms with Crippen LogP contribution in [-0.2, 0) is 22.7 Å². The van der Waals surface area contributed by atoms with E-state index >= 15 is 0 Å². The van der Waals surface area contributed by atoms with Crippen LogP contribution < -0.4 is 16.2 Å². The maximum Gasteiger partial charge on any atom is 0.333 e. The largest absolute Gasteiger partial charge is 0.336 e. The normalized spacial score (nSPS) is 14.5. The van der Waals surface area contributed by atoms with Crippen LogP contribution in [0.4, 0.5) is 4.79 Å². The highest BCUT2D eigenvalue weighted by Crippen LogP contribution is 2.28. The summed E-state index contributed by atoms with van der Waals surface area (Å²) >= 11 is 1.47. The number of nitrogens with one attached hydrogen (secondary N) is 3. The second kappa shape index (κ2) is 7.78. The molecule has 0 fully saturated rings.